The van der Waals surface area contributed by atoms with Crippen LogP contribution in [0, 0.1) is 0 Å². The summed E-state index contributed by atoms with van der Waals surface area (Å²) in [6.45, 7) is 2.08. The van der Waals surface area contributed by atoms with Crippen LogP contribution in [0.2, 0.25) is 0 Å². The lowest BCUT2D eigenvalue weighted by atomic mass is 10.1. The monoisotopic (exact) mass is 259 g/mol. The third kappa shape index (κ3) is 6.81. The fraction of sp³-hybridized carbons (Fsp3) is 0.700. The zero-order valence-corrected chi connectivity index (χ0v) is 10.5. The largest absolute Gasteiger partial charge is 0.391 e. The van der Waals surface area contributed by atoms with Crippen LogP contribution < -0.4 is 22.9 Å². The van der Waals surface area contributed by atoms with Gasteiger partial charge in [0, 0.05) is 6.54 Å². The van der Waals surface area contributed by atoms with Crippen LogP contribution >= 0.6 is 0 Å². The predicted molar refractivity (Wildman–Crippen MR) is 67.3 cm³/mol. The standard InChI is InChI=1S/C10H21N5O3/c1-2-6(11)8(16)18-9(17)7(12)4-3-5-15-10(13)14/h6-7H,2-5,11-12H2,1H3,(H4,13,14,15)/t6?,7-/m0/s1. The van der Waals surface area contributed by atoms with Crippen molar-refractivity contribution < 1.29 is 14.3 Å². The maximum absolute atomic E-state index is 11.4. The van der Waals surface area contributed by atoms with Crippen LogP contribution in [0.15, 0.2) is 4.99 Å². The quantitative estimate of drug-likeness (QED) is 0.137. The molecule has 0 aliphatic heterocycles. The molecular weight excluding hydrogens is 238 g/mol. The van der Waals surface area contributed by atoms with E-state index in [0.717, 1.165) is 0 Å². The van der Waals surface area contributed by atoms with Gasteiger partial charge in [0.05, 0.1) is 0 Å². The van der Waals surface area contributed by atoms with Crippen LogP contribution in [-0.4, -0.2) is 36.5 Å². The third-order valence-electron chi connectivity index (χ3n) is 2.21. The molecule has 0 fully saturated rings. The Balaban J connectivity index is 3.96. The summed E-state index contributed by atoms with van der Waals surface area (Å²) in [6, 6.07) is -1.69. The molecule has 18 heavy (non-hydrogen) atoms. The fourth-order valence-electron chi connectivity index (χ4n) is 1.05. The van der Waals surface area contributed by atoms with E-state index in [2.05, 4.69) is 9.73 Å². The lowest BCUT2D eigenvalue weighted by Gasteiger charge is -2.11. The zero-order chi connectivity index (χ0) is 14.1. The summed E-state index contributed by atoms with van der Waals surface area (Å²) in [4.78, 5) is 26.4. The lowest BCUT2D eigenvalue weighted by molar-refractivity contribution is -0.161. The Labute approximate surface area is 106 Å². The van der Waals surface area contributed by atoms with Crippen molar-refractivity contribution in [2.24, 2.45) is 27.9 Å². The van der Waals surface area contributed by atoms with Crippen molar-refractivity contribution in [1.82, 2.24) is 0 Å². The molecule has 0 saturated heterocycles. The van der Waals surface area contributed by atoms with E-state index in [4.69, 9.17) is 22.9 Å². The molecule has 0 rings (SSSR count). The Morgan fingerprint density at radius 2 is 1.72 bits per heavy atom. The minimum Gasteiger partial charge on any atom is -0.391 e. The van der Waals surface area contributed by atoms with Crippen molar-refractivity contribution in [1.29, 1.82) is 0 Å². The summed E-state index contributed by atoms with van der Waals surface area (Å²) in [7, 11) is 0. The summed E-state index contributed by atoms with van der Waals surface area (Å²) in [5, 5.41) is 0. The first-order valence-corrected chi connectivity index (χ1v) is 5.70. The molecule has 0 aromatic heterocycles. The number of nitrogens with zero attached hydrogens (tertiary/aromatic N) is 1. The molecule has 0 amide bonds. The summed E-state index contributed by atoms with van der Waals surface area (Å²) in [6.07, 6.45) is 1.23. The molecule has 0 spiro atoms. The molecule has 0 aliphatic carbocycles. The van der Waals surface area contributed by atoms with E-state index < -0.39 is 24.0 Å². The van der Waals surface area contributed by atoms with Gasteiger partial charge in [-0.1, -0.05) is 6.92 Å². The number of carbonyl (C=O) groups is 2. The van der Waals surface area contributed by atoms with Crippen molar-refractivity contribution in [3.05, 3.63) is 0 Å². The van der Waals surface area contributed by atoms with E-state index in [1.807, 2.05) is 0 Å². The van der Waals surface area contributed by atoms with Gasteiger partial charge in [-0.25, -0.2) is 9.59 Å². The molecule has 0 aromatic rings. The summed E-state index contributed by atoms with van der Waals surface area (Å²) in [5.74, 6) is -1.56. The number of guanidine groups is 1. The average molecular weight is 259 g/mol. The molecule has 8 N–H and O–H groups in total. The van der Waals surface area contributed by atoms with Gasteiger partial charge in [-0.15, -0.1) is 0 Å². The summed E-state index contributed by atoms with van der Waals surface area (Å²) < 4.78 is 4.53. The van der Waals surface area contributed by atoms with Gasteiger partial charge in [0.15, 0.2) is 5.96 Å². The van der Waals surface area contributed by atoms with E-state index >= 15 is 0 Å². The average Bonchev–Trinajstić information content (AvgIpc) is 2.32. The highest BCUT2D eigenvalue weighted by molar-refractivity contribution is 5.90. The van der Waals surface area contributed by atoms with E-state index in [9.17, 15) is 9.59 Å². The van der Waals surface area contributed by atoms with Crippen molar-refractivity contribution in [3.8, 4) is 0 Å². The summed E-state index contributed by atoms with van der Waals surface area (Å²) >= 11 is 0. The normalized spacial score (nSPS) is 13.5. The number of hydrogen-bond acceptors (Lipinski definition) is 6. The molecule has 0 radical (unpaired) electrons. The van der Waals surface area contributed by atoms with Gasteiger partial charge in [0.25, 0.3) is 0 Å². The van der Waals surface area contributed by atoms with Crippen LogP contribution in [0.3, 0.4) is 0 Å². The number of carbonyl (C=O) groups excluding carboxylic acids is 2. The molecular formula is C10H21N5O3. The van der Waals surface area contributed by atoms with Crippen LogP contribution in [0.5, 0.6) is 0 Å². The van der Waals surface area contributed by atoms with Gasteiger partial charge in [-0.3, -0.25) is 4.99 Å². The molecule has 8 heteroatoms. The van der Waals surface area contributed by atoms with Gasteiger partial charge < -0.3 is 27.7 Å². The summed E-state index contributed by atoms with van der Waals surface area (Å²) in [5.41, 5.74) is 21.2. The second-order valence-corrected chi connectivity index (χ2v) is 3.81. The van der Waals surface area contributed by atoms with Crippen LogP contribution in [-0.2, 0) is 14.3 Å². The molecule has 0 aliphatic rings. The molecule has 1 unspecified atom stereocenters. The van der Waals surface area contributed by atoms with Crippen LogP contribution in [0.25, 0.3) is 0 Å². The SMILES string of the molecule is CCC(N)C(=O)OC(=O)[C@@H](N)CCCN=C(N)N. The number of rotatable bonds is 7. The first kappa shape index (κ1) is 16.3. The van der Waals surface area contributed by atoms with Gasteiger partial charge in [-0.05, 0) is 19.3 Å². The first-order chi connectivity index (χ1) is 8.38. The second-order valence-electron chi connectivity index (χ2n) is 3.81. The van der Waals surface area contributed by atoms with Crippen LogP contribution in [0.1, 0.15) is 26.2 Å². The Morgan fingerprint density at radius 1 is 1.17 bits per heavy atom. The number of nitrogens with two attached hydrogens (primary N) is 4. The van der Waals surface area contributed by atoms with E-state index in [1.54, 1.807) is 6.92 Å². The smallest absolute Gasteiger partial charge is 0.330 e. The molecule has 0 bridgehead atoms. The molecule has 0 aromatic carbocycles. The minimum atomic E-state index is -0.882. The van der Waals surface area contributed by atoms with Crippen molar-refractivity contribution in [3.63, 3.8) is 0 Å². The Kier molecular flexibility index (Phi) is 7.64. The van der Waals surface area contributed by atoms with Gasteiger partial charge in [0.1, 0.15) is 12.1 Å². The second kappa shape index (κ2) is 8.43. The fourth-order valence-corrected chi connectivity index (χ4v) is 1.05. The Hall–Kier alpha value is -1.67. The van der Waals surface area contributed by atoms with Crippen LogP contribution in [0.4, 0.5) is 0 Å². The molecule has 104 valence electrons. The van der Waals surface area contributed by atoms with E-state index in [-0.39, 0.29) is 5.96 Å². The lowest BCUT2D eigenvalue weighted by Crippen LogP contribution is -2.39. The molecule has 2 atom stereocenters. The topological polar surface area (TPSA) is 160 Å². The van der Waals surface area contributed by atoms with Gasteiger partial charge in [-0.2, -0.15) is 0 Å². The zero-order valence-electron chi connectivity index (χ0n) is 10.5. The van der Waals surface area contributed by atoms with Gasteiger partial charge >= 0.3 is 11.9 Å². The van der Waals surface area contributed by atoms with E-state index in [0.29, 0.717) is 25.8 Å². The van der Waals surface area contributed by atoms with Crippen molar-refractivity contribution in [2.45, 2.75) is 38.3 Å². The number of hydrogen-bond donors (Lipinski definition) is 4. The molecule has 0 saturated carbocycles. The minimum absolute atomic E-state index is 0.0183. The Morgan fingerprint density at radius 3 is 2.22 bits per heavy atom. The number of ether oxygens (including phenoxy) is 1. The van der Waals surface area contributed by atoms with Crippen molar-refractivity contribution >= 4 is 17.9 Å². The van der Waals surface area contributed by atoms with Gasteiger partial charge in [0.2, 0.25) is 0 Å². The highest BCUT2D eigenvalue weighted by Crippen LogP contribution is 2.00. The van der Waals surface area contributed by atoms with Crippen molar-refractivity contribution in [2.75, 3.05) is 6.54 Å². The Bertz CT molecular complexity index is 315. The predicted octanol–water partition coefficient (Wildman–Crippen LogP) is -1.83. The maximum Gasteiger partial charge on any atom is 0.330 e. The molecule has 8 nitrogen and oxygen atoms in total. The number of aliphatic imine (C=N–C) groups is 1. The highest BCUT2D eigenvalue weighted by Gasteiger charge is 2.21. The van der Waals surface area contributed by atoms with E-state index in [1.165, 1.54) is 0 Å². The highest BCUT2D eigenvalue weighted by atomic mass is 16.6. The first-order valence-electron chi connectivity index (χ1n) is 5.70. The molecule has 0 heterocycles. The third-order valence-corrected chi connectivity index (χ3v) is 2.21. The number of esters is 2. The maximum atomic E-state index is 11.4.